The summed E-state index contributed by atoms with van der Waals surface area (Å²) < 4.78 is 10.6. The zero-order valence-corrected chi connectivity index (χ0v) is 26.9. The fraction of sp³-hybridized carbons (Fsp3) is 0.515. The highest BCUT2D eigenvalue weighted by atomic mass is 16.6. The molecule has 10 heteroatoms. The van der Waals surface area contributed by atoms with Gasteiger partial charge in [-0.3, -0.25) is 14.4 Å². The molecule has 2 aromatic rings. The Morgan fingerprint density at radius 2 is 1.51 bits per heavy atom. The van der Waals surface area contributed by atoms with E-state index in [9.17, 15) is 19.2 Å². The molecule has 236 valence electrons. The van der Waals surface area contributed by atoms with Crippen LogP contribution < -0.4 is 21.1 Å². The van der Waals surface area contributed by atoms with Crippen molar-refractivity contribution >= 4 is 29.5 Å². The summed E-state index contributed by atoms with van der Waals surface area (Å²) >= 11 is 0. The van der Waals surface area contributed by atoms with Crippen LogP contribution in [0, 0.1) is 19.8 Å². The molecular formula is C33H48N4O6. The second-order valence-electron chi connectivity index (χ2n) is 12.4. The SMILES string of the molecule is COc1ccc(NC(=O)C(c2c(C)cccc2C)N(C(=O)C(CC(N)=O)NC(=O)OC(C)(C)C)C(C)CCC(C)C)cc1. The van der Waals surface area contributed by atoms with E-state index >= 15 is 0 Å². The van der Waals surface area contributed by atoms with Crippen LogP contribution in [0.25, 0.3) is 0 Å². The molecule has 0 fully saturated rings. The first-order valence-electron chi connectivity index (χ1n) is 14.6. The first-order chi connectivity index (χ1) is 20.0. The lowest BCUT2D eigenvalue weighted by Crippen LogP contribution is -2.56. The van der Waals surface area contributed by atoms with Crippen molar-refractivity contribution in [2.75, 3.05) is 12.4 Å². The molecule has 3 unspecified atom stereocenters. The van der Waals surface area contributed by atoms with Crippen molar-refractivity contribution in [3.8, 4) is 5.75 Å². The van der Waals surface area contributed by atoms with Crippen molar-refractivity contribution in [3.63, 3.8) is 0 Å². The van der Waals surface area contributed by atoms with Gasteiger partial charge in [0.1, 0.15) is 23.4 Å². The van der Waals surface area contributed by atoms with Gasteiger partial charge in [0.05, 0.1) is 13.5 Å². The van der Waals surface area contributed by atoms with Crippen LogP contribution in [-0.4, -0.2) is 53.5 Å². The van der Waals surface area contributed by atoms with E-state index in [0.29, 0.717) is 29.3 Å². The summed E-state index contributed by atoms with van der Waals surface area (Å²) in [5.41, 5.74) is 7.51. The molecule has 0 aromatic heterocycles. The van der Waals surface area contributed by atoms with Gasteiger partial charge in [-0.2, -0.15) is 0 Å². The van der Waals surface area contributed by atoms with Crippen molar-refractivity contribution < 1.29 is 28.7 Å². The highest BCUT2D eigenvalue weighted by molar-refractivity contribution is 6.00. The first kappa shape index (κ1) is 35.1. The van der Waals surface area contributed by atoms with Crippen molar-refractivity contribution in [3.05, 3.63) is 59.2 Å². The number of amides is 4. The summed E-state index contributed by atoms with van der Waals surface area (Å²) in [5, 5.41) is 5.50. The molecule has 4 amide bonds. The monoisotopic (exact) mass is 596 g/mol. The van der Waals surface area contributed by atoms with Crippen LogP contribution >= 0.6 is 0 Å². The Morgan fingerprint density at radius 1 is 0.930 bits per heavy atom. The van der Waals surface area contributed by atoms with Crippen molar-refractivity contribution in [1.29, 1.82) is 0 Å². The third kappa shape index (κ3) is 10.6. The van der Waals surface area contributed by atoms with E-state index in [1.54, 1.807) is 52.1 Å². The summed E-state index contributed by atoms with van der Waals surface area (Å²) in [6, 6.07) is 9.66. The highest BCUT2D eigenvalue weighted by Crippen LogP contribution is 2.33. The van der Waals surface area contributed by atoms with Gasteiger partial charge in [-0.15, -0.1) is 0 Å². The van der Waals surface area contributed by atoms with E-state index in [1.165, 1.54) is 4.90 Å². The number of nitrogens with zero attached hydrogens (tertiary/aromatic N) is 1. The number of hydrogen-bond acceptors (Lipinski definition) is 6. The number of benzene rings is 2. The Balaban J connectivity index is 2.70. The van der Waals surface area contributed by atoms with E-state index in [1.807, 2.05) is 39.0 Å². The largest absolute Gasteiger partial charge is 0.497 e. The van der Waals surface area contributed by atoms with Gasteiger partial charge in [0.2, 0.25) is 11.8 Å². The molecule has 0 spiro atoms. The predicted molar refractivity (Wildman–Crippen MR) is 168 cm³/mol. The second-order valence-corrected chi connectivity index (χ2v) is 12.4. The Hall–Kier alpha value is -4.08. The number of nitrogens with two attached hydrogens (primary N) is 1. The number of alkyl carbamates (subject to hydrolysis) is 1. The molecule has 0 bridgehead atoms. The molecular weight excluding hydrogens is 548 g/mol. The van der Waals surface area contributed by atoms with Gasteiger partial charge in [0, 0.05) is 11.7 Å². The maximum absolute atomic E-state index is 14.5. The van der Waals surface area contributed by atoms with Gasteiger partial charge in [0.25, 0.3) is 5.91 Å². The lowest BCUT2D eigenvalue weighted by Gasteiger charge is -2.39. The number of aryl methyl sites for hydroxylation is 2. The third-order valence-electron chi connectivity index (χ3n) is 6.99. The van der Waals surface area contributed by atoms with E-state index in [2.05, 4.69) is 24.5 Å². The lowest BCUT2D eigenvalue weighted by atomic mass is 9.91. The van der Waals surface area contributed by atoms with Crippen LogP contribution in [0.2, 0.25) is 0 Å². The van der Waals surface area contributed by atoms with Gasteiger partial charge in [-0.25, -0.2) is 4.79 Å². The summed E-state index contributed by atoms with van der Waals surface area (Å²) in [6.07, 6.45) is 0.0274. The quantitative estimate of drug-likeness (QED) is 0.282. The lowest BCUT2D eigenvalue weighted by molar-refractivity contribution is -0.144. The van der Waals surface area contributed by atoms with E-state index in [4.69, 9.17) is 15.2 Å². The van der Waals surface area contributed by atoms with Crippen LogP contribution in [0.1, 0.15) is 83.5 Å². The molecule has 0 aliphatic heterocycles. The maximum Gasteiger partial charge on any atom is 0.408 e. The molecule has 10 nitrogen and oxygen atoms in total. The van der Waals surface area contributed by atoms with Gasteiger partial charge in [-0.05, 0) is 101 Å². The molecule has 3 atom stereocenters. The fourth-order valence-corrected chi connectivity index (χ4v) is 4.88. The maximum atomic E-state index is 14.5. The van der Waals surface area contributed by atoms with Crippen molar-refractivity contribution in [2.45, 2.75) is 98.4 Å². The number of anilines is 1. The van der Waals surface area contributed by atoms with Crippen LogP contribution in [0.4, 0.5) is 10.5 Å². The molecule has 0 aliphatic rings. The molecule has 0 heterocycles. The Morgan fingerprint density at radius 3 is 2.00 bits per heavy atom. The van der Waals surface area contributed by atoms with E-state index < -0.39 is 54.0 Å². The van der Waals surface area contributed by atoms with Crippen molar-refractivity contribution in [1.82, 2.24) is 10.2 Å². The summed E-state index contributed by atoms with van der Waals surface area (Å²) in [6.45, 7) is 14.9. The summed E-state index contributed by atoms with van der Waals surface area (Å²) in [5.74, 6) is -0.866. The number of carbonyl (C=O) groups is 4. The topological polar surface area (TPSA) is 140 Å². The number of carbonyl (C=O) groups excluding carboxylic acids is 4. The fourth-order valence-electron chi connectivity index (χ4n) is 4.88. The minimum Gasteiger partial charge on any atom is -0.497 e. The number of ether oxygens (including phenoxy) is 2. The smallest absolute Gasteiger partial charge is 0.408 e. The zero-order valence-electron chi connectivity index (χ0n) is 26.9. The first-order valence-corrected chi connectivity index (χ1v) is 14.6. The minimum absolute atomic E-state index is 0.340. The van der Waals surface area contributed by atoms with Crippen LogP contribution in [0.15, 0.2) is 42.5 Å². The molecule has 0 saturated heterocycles. The molecule has 0 saturated carbocycles. The third-order valence-corrected chi connectivity index (χ3v) is 6.99. The normalized spacial score (nSPS) is 13.4. The average molecular weight is 597 g/mol. The van der Waals surface area contributed by atoms with E-state index in [-0.39, 0.29) is 0 Å². The van der Waals surface area contributed by atoms with Crippen LogP contribution in [0.3, 0.4) is 0 Å². The van der Waals surface area contributed by atoms with Gasteiger partial charge >= 0.3 is 6.09 Å². The second kappa shape index (κ2) is 15.4. The van der Waals surface area contributed by atoms with Gasteiger partial charge in [0.15, 0.2) is 0 Å². The van der Waals surface area contributed by atoms with Crippen molar-refractivity contribution in [2.24, 2.45) is 11.7 Å². The van der Waals surface area contributed by atoms with Gasteiger partial charge in [-0.1, -0.05) is 32.0 Å². The zero-order chi connectivity index (χ0) is 32.5. The summed E-state index contributed by atoms with van der Waals surface area (Å²) in [7, 11) is 1.56. The number of methoxy groups -OCH3 is 1. The number of rotatable bonds is 13. The number of nitrogens with one attached hydrogen (secondary N) is 2. The Bertz CT molecular complexity index is 1250. The highest BCUT2D eigenvalue weighted by Gasteiger charge is 2.40. The molecule has 0 radical (unpaired) electrons. The van der Waals surface area contributed by atoms with Gasteiger partial charge < -0.3 is 30.7 Å². The standard InChI is InChI=1S/C33H48N4O6/c1-20(2)13-14-23(5)37(31(40)26(19-27(34)38)36-32(41)43-33(6,7)8)29(28-21(3)11-10-12-22(28)4)30(39)35-24-15-17-25(42-9)18-16-24/h10-12,15-18,20,23,26,29H,13-14,19H2,1-9H3,(H2,34,38)(H,35,39)(H,36,41). The minimum atomic E-state index is -1.35. The molecule has 2 rings (SSSR count). The molecule has 0 aliphatic carbocycles. The predicted octanol–water partition coefficient (Wildman–Crippen LogP) is 5.41. The van der Waals surface area contributed by atoms with E-state index in [0.717, 1.165) is 17.5 Å². The van der Waals surface area contributed by atoms with Crippen LogP contribution in [-0.2, 0) is 19.1 Å². The number of hydrogen-bond donors (Lipinski definition) is 3. The number of primary amides is 1. The summed E-state index contributed by atoms with van der Waals surface area (Å²) in [4.78, 5) is 55.2. The Kier molecular flexibility index (Phi) is 12.6. The molecule has 4 N–H and O–H groups in total. The molecule has 43 heavy (non-hydrogen) atoms. The van der Waals surface area contributed by atoms with Crippen LogP contribution in [0.5, 0.6) is 5.75 Å². The molecule has 2 aromatic carbocycles. The average Bonchev–Trinajstić information content (AvgIpc) is 2.89. The Labute approximate surface area is 255 Å².